The highest BCUT2D eigenvalue weighted by Crippen LogP contribution is 2.27. The zero-order chi connectivity index (χ0) is 15.1. The highest BCUT2D eigenvalue weighted by atomic mass is 16.3. The van der Waals surface area contributed by atoms with Crippen LogP contribution in [0.3, 0.4) is 0 Å². The summed E-state index contributed by atoms with van der Waals surface area (Å²) in [6.07, 6.45) is 7.70. The van der Waals surface area contributed by atoms with E-state index in [4.69, 9.17) is 0 Å². The van der Waals surface area contributed by atoms with Gasteiger partial charge in [0.2, 0.25) is 5.91 Å². The van der Waals surface area contributed by atoms with Gasteiger partial charge in [-0.25, -0.2) is 0 Å². The minimum Gasteiger partial charge on any atom is -0.394 e. The highest BCUT2D eigenvalue weighted by Gasteiger charge is 2.19. The molecule has 0 aromatic heterocycles. The Hall–Kier alpha value is -1.35. The molecule has 1 fully saturated rings. The number of benzene rings is 1. The number of hydrogen-bond acceptors (Lipinski definition) is 2. The lowest BCUT2D eigenvalue weighted by Crippen LogP contribution is -2.40. The molecule has 1 amide bonds. The van der Waals surface area contributed by atoms with Gasteiger partial charge < -0.3 is 10.4 Å². The third-order valence-corrected chi connectivity index (χ3v) is 4.41. The Balaban J connectivity index is 1.79. The Bertz CT molecular complexity index is 435. The average Bonchev–Trinajstić information content (AvgIpc) is 2.50. The maximum Gasteiger partial charge on any atom is 0.224 e. The molecule has 1 aliphatic rings. The molecule has 0 aliphatic heterocycles. The number of aliphatic hydroxyl groups excluding tert-OH is 1. The lowest BCUT2D eigenvalue weighted by atomic mass is 9.85. The van der Waals surface area contributed by atoms with E-state index in [1.165, 1.54) is 37.7 Å². The van der Waals surface area contributed by atoms with Crippen molar-refractivity contribution in [3.63, 3.8) is 0 Å². The standard InChI is InChI=1S/C18H27NO2/c1-14-7-9-16(10-8-14)12-18(21)19-17(13-20)11-15-5-3-2-4-6-15/h7-10,15,17,20H,2-6,11-13H2,1H3,(H,19,21). The van der Waals surface area contributed by atoms with Crippen molar-refractivity contribution in [2.75, 3.05) is 6.61 Å². The second kappa shape index (κ2) is 8.18. The van der Waals surface area contributed by atoms with E-state index in [9.17, 15) is 9.90 Å². The van der Waals surface area contributed by atoms with Crippen LogP contribution in [0.2, 0.25) is 0 Å². The predicted molar refractivity (Wildman–Crippen MR) is 85.1 cm³/mol. The summed E-state index contributed by atoms with van der Waals surface area (Å²) < 4.78 is 0. The summed E-state index contributed by atoms with van der Waals surface area (Å²) >= 11 is 0. The molecule has 1 unspecified atom stereocenters. The Morgan fingerprint density at radius 3 is 2.52 bits per heavy atom. The van der Waals surface area contributed by atoms with Crippen molar-refractivity contribution in [2.24, 2.45) is 5.92 Å². The molecule has 116 valence electrons. The summed E-state index contributed by atoms with van der Waals surface area (Å²) in [5.41, 5.74) is 2.22. The van der Waals surface area contributed by atoms with Crippen molar-refractivity contribution in [1.29, 1.82) is 0 Å². The van der Waals surface area contributed by atoms with E-state index in [1.54, 1.807) is 0 Å². The summed E-state index contributed by atoms with van der Waals surface area (Å²) in [5.74, 6) is 0.671. The molecule has 1 aromatic rings. The Kier molecular flexibility index (Phi) is 6.24. The van der Waals surface area contributed by atoms with Crippen molar-refractivity contribution in [2.45, 2.75) is 57.9 Å². The van der Waals surface area contributed by atoms with E-state index < -0.39 is 0 Å². The van der Waals surface area contributed by atoms with E-state index in [2.05, 4.69) is 5.32 Å². The van der Waals surface area contributed by atoms with E-state index in [1.807, 2.05) is 31.2 Å². The van der Waals surface area contributed by atoms with Gasteiger partial charge in [-0.15, -0.1) is 0 Å². The third-order valence-electron chi connectivity index (χ3n) is 4.41. The molecule has 0 heterocycles. The molecule has 1 atom stereocenters. The molecule has 21 heavy (non-hydrogen) atoms. The minimum absolute atomic E-state index is 0.00807. The van der Waals surface area contributed by atoms with Gasteiger partial charge in [0.1, 0.15) is 0 Å². The number of nitrogens with one attached hydrogen (secondary N) is 1. The molecule has 2 rings (SSSR count). The van der Waals surface area contributed by atoms with Gasteiger partial charge in [0.25, 0.3) is 0 Å². The van der Waals surface area contributed by atoms with Crippen LogP contribution in [-0.2, 0) is 11.2 Å². The summed E-state index contributed by atoms with van der Waals surface area (Å²) in [6, 6.07) is 7.93. The first-order valence-corrected chi connectivity index (χ1v) is 8.13. The second-order valence-electron chi connectivity index (χ2n) is 6.35. The summed E-state index contributed by atoms with van der Waals surface area (Å²) in [6.45, 7) is 2.08. The summed E-state index contributed by atoms with van der Waals surface area (Å²) in [7, 11) is 0. The molecule has 0 radical (unpaired) electrons. The first-order valence-electron chi connectivity index (χ1n) is 8.13. The van der Waals surface area contributed by atoms with Crippen molar-refractivity contribution >= 4 is 5.91 Å². The Labute approximate surface area is 127 Å². The van der Waals surface area contributed by atoms with Crippen LogP contribution in [0.15, 0.2) is 24.3 Å². The SMILES string of the molecule is Cc1ccc(CC(=O)NC(CO)CC2CCCCC2)cc1. The first-order chi connectivity index (χ1) is 10.2. The molecular weight excluding hydrogens is 262 g/mol. The van der Waals surface area contributed by atoms with Crippen molar-refractivity contribution < 1.29 is 9.90 Å². The number of rotatable bonds is 6. The number of carbonyl (C=O) groups excluding carboxylic acids is 1. The van der Waals surface area contributed by atoms with Gasteiger partial charge in [-0.3, -0.25) is 4.79 Å². The number of aryl methyl sites for hydroxylation is 1. The molecular formula is C18H27NO2. The average molecular weight is 289 g/mol. The van der Waals surface area contributed by atoms with Crippen LogP contribution in [0.5, 0.6) is 0 Å². The molecule has 3 heteroatoms. The fraction of sp³-hybridized carbons (Fsp3) is 0.611. The van der Waals surface area contributed by atoms with Crippen molar-refractivity contribution in [3.8, 4) is 0 Å². The zero-order valence-corrected chi connectivity index (χ0v) is 13.0. The highest BCUT2D eigenvalue weighted by molar-refractivity contribution is 5.78. The fourth-order valence-corrected chi connectivity index (χ4v) is 3.17. The van der Waals surface area contributed by atoms with Crippen LogP contribution < -0.4 is 5.32 Å². The zero-order valence-electron chi connectivity index (χ0n) is 13.0. The Morgan fingerprint density at radius 2 is 1.90 bits per heavy atom. The molecule has 2 N–H and O–H groups in total. The minimum atomic E-state index is -0.0916. The van der Waals surface area contributed by atoms with E-state index >= 15 is 0 Å². The second-order valence-corrected chi connectivity index (χ2v) is 6.35. The predicted octanol–water partition coefficient (Wildman–Crippen LogP) is 2.99. The first kappa shape index (κ1) is 16.0. The number of carbonyl (C=O) groups is 1. The third kappa shape index (κ3) is 5.50. The van der Waals surface area contributed by atoms with Crippen LogP contribution >= 0.6 is 0 Å². The van der Waals surface area contributed by atoms with Crippen LogP contribution in [-0.4, -0.2) is 23.7 Å². The Morgan fingerprint density at radius 1 is 1.24 bits per heavy atom. The van der Waals surface area contributed by atoms with Gasteiger partial charge in [0, 0.05) is 0 Å². The molecule has 0 saturated heterocycles. The van der Waals surface area contributed by atoms with Crippen molar-refractivity contribution in [1.82, 2.24) is 5.32 Å². The normalized spacial score (nSPS) is 17.4. The lowest BCUT2D eigenvalue weighted by Gasteiger charge is -2.26. The van der Waals surface area contributed by atoms with Crippen LogP contribution in [0.25, 0.3) is 0 Å². The number of aliphatic hydroxyl groups is 1. The van der Waals surface area contributed by atoms with E-state index in [0.717, 1.165) is 12.0 Å². The molecule has 3 nitrogen and oxygen atoms in total. The number of amides is 1. The van der Waals surface area contributed by atoms with E-state index in [-0.39, 0.29) is 18.6 Å². The quantitative estimate of drug-likeness (QED) is 0.846. The molecule has 1 aliphatic carbocycles. The van der Waals surface area contributed by atoms with Crippen LogP contribution in [0, 0.1) is 12.8 Å². The maximum atomic E-state index is 12.1. The lowest BCUT2D eigenvalue weighted by molar-refractivity contribution is -0.121. The van der Waals surface area contributed by atoms with Gasteiger partial charge >= 0.3 is 0 Å². The molecule has 0 bridgehead atoms. The van der Waals surface area contributed by atoms with Gasteiger partial charge in [-0.1, -0.05) is 61.9 Å². The monoisotopic (exact) mass is 289 g/mol. The van der Waals surface area contributed by atoms with Crippen LogP contribution in [0.1, 0.15) is 49.7 Å². The van der Waals surface area contributed by atoms with Gasteiger partial charge in [0.05, 0.1) is 19.1 Å². The fourth-order valence-electron chi connectivity index (χ4n) is 3.17. The maximum absolute atomic E-state index is 12.1. The molecule has 1 saturated carbocycles. The number of hydrogen-bond donors (Lipinski definition) is 2. The molecule has 0 spiro atoms. The van der Waals surface area contributed by atoms with Gasteiger partial charge in [-0.05, 0) is 24.8 Å². The van der Waals surface area contributed by atoms with Crippen molar-refractivity contribution in [3.05, 3.63) is 35.4 Å². The summed E-state index contributed by atoms with van der Waals surface area (Å²) in [5, 5.41) is 12.5. The van der Waals surface area contributed by atoms with Gasteiger partial charge in [-0.2, -0.15) is 0 Å². The van der Waals surface area contributed by atoms with Gasteiger partial charge in [0.15, 0.2) is 0 Å². The smallest absolute Gasteiger partial charge is 0.224 e. The largest absolute Gasteiger partial charge is 0.394 e. The summed E-state index contributed by atoms with van der Waals surface area (Å²) in [4.78, 5) is 12.1. The van der Waals surface area contributed by atoms with Crippen LogP contribution in [0.4, 0.5) is 0 Å². The van der Waals surface area contributed by atoms with E-state index in [0.29, 0.717) is 12.3 Å². The molecule has 1 aromatic carbocycles. The topological polar surface area (TPSA) is 49.3 Å².